The second-order valence-electron chi connectivity index (χ2n) is 5.90. The van der Waals surface area contributed by atoms with Gasteiger partial charge in [0.25, 0.3) is 0 Å². The summed E-state index contributed by atoms with van der Waals surface area (Å²) in [5.74, 6) is 0.715. The molecule has 0 atom stereocenters. The molecule has 24 heavy (non-hydrogen) atoms. The summed E-state index contributed by atoms with van der Waals surface area (Å²) in [6, 6.07) is 12.6. The smallest absolute Gasteiger partial charge is 0.223 e. The summed E-state index contributed by atoms with van der Waals surface area (Å²) in [7, 11) is 0. The molecule has 0 radical (unpaired) electrons. The van der Waals surface area contributed by atoms with Gasteiger partial charge in [-0.1, -0.05) is 37.5 Å². The number of rotatable bonds is 9. The summed E-state index contributed by atoms with van der Waals surface area (Å²) >= 11 is 1.77. The Kier molecular flexibility index (Phi) is 6.15. The molecule has 0 unspecified atom stereocenters. The number of hydrogen-bond acceptors (Lipinski definition) is 5. The first-order chi connectivity index (χ1) is 11.9. The van der Waals surface area contributed by atoms with E-state index in [0.717, 1.165) is 31.6 Å². The Morgan fingerprint density at radius 3 is 2.71 bits per heavy atom. The molecule has 0 spiro atoms. The lowest BCUT2D eigenvalue weighted by Crippen LogP contribution is -2.05. The fraction of sp³-hybridized carbons (Fsp3) is 0.368. The lowest BCUT2D eigenvalue weighted by atomic mass is 10.1. The van der Waals surface area contributed by atoms with E-state index in [4.69, 9.17) is 5.73 Å². The van der Waals surface area contributed by atoms with E-state index in [-0.39, 0.29) is 0 Å². The summed E-state index contributed by atoms with van der Waals surface area (Å²) in [5, 5.41) is 4.60. The number of nitrogens with one attached hydrogen (secondary N) is 1. The van der Waals surface area contributed by atoms with Crippen LogP contribution < -0.4 is 11.1 Å². The highest BCUT2D eigenvalue weighted by Crippen LogP contribution is 2.32. The van der Waals surface area contributed by atoms with Gasteiger partial charge in [-0.2, -0.15) is 0 Å². The molecule has 0 amide bonds. The van der Waals surface area contributed by atoms with E-state index in [0.29, 0.717) is 5.95 Å². The highest BCUT2D eigenvalue weighted by atomic mass is 32.1. The summed E-state index contributed by atoms with van der Waals surface area (Å²) < 4.78 is 1.29. The van der Waals surface area contributed by atoms with Crippen LogP contribution in [0.25, 0.3) is 20.7 Å². The zero-order valence-corrected chi connectivity index (χ0v) is 14.7. The third-order valence-electron chi connectivity index (χ3n) is 4.00. The molecule has 4 nitrogen and oxygen atoms in total. The Hall–Kier alpha value is -1.98. The van der Waals surface area contributed by atoms with Crippen molar-refractivity contribution >= 4 is 27.4 Å². The monoisotopic (exact) mass is 340 g/mol. The molecule has 0 bridgehead atoms. The van der Waals surface area contributed by atoms with Crippen LogP contribution in [0.1, 0.15) is 32.1 Å². The van der Waals surface area contributed by atoms with Gasteiger partial charge < -0.3 is 11.1 Å². The maximum atomic E-state index is 5.50. The van der Waals surface area contributed by atoms with Gasteiger partial charge in [-0.15, -0.1) is 11.3 Å². The molecule has 0 aliphatic carbocycles. The maximum Gasteiger partial charge on any atom is 0.223 e. The third-order valence-corrected chi connectivity index (χ3v) is 5.14. The van der Waals surface area contributed by atoms with Crippen molar-refractivity contribution < 1.29 is 0 Å². The largest absolute Gasteiger partial charge is 0.354 e. The standard InChI is InChI=1S/C19H24N4S/c20-11-6-2-1-3-7-12-21-19-22-13-10-16(23-19)18-14-15-8-4-5-9-17(15)24-18/h4-5,8-10,13-14H,1-3,6-7,11-12,20H2,(H,21,22,23). The van der Waals surface area contributed by atoms with E-state index in [2.05, 4.69) is 45.6 Å². The van der Waals surface area contributed by atoms with Crippen LogP contribution in [0.15, 0.2) is 42.6 Å². The molecule has 0 fully saturated rings. The second kappa shape index (κ2) is 8.76. The van der Waals surface area contributed by atoms with Crippen LogP contribution in [0.4, 0.5) is 5.95 Å². The number of thiophene rings is 1. The summed E-state index contributed by atoms with van der Waals surface area (Å²) in [5.41, 5.74) is 6.49. The van der Waals surface area contributed by atoms with Gasteiger partial charge in [0.1, 0.15) is 0 Å². The zero-order valence-electron chi connectivity index (χ0n) is 13.9. The minimum Gasteiger partial charge on any atom is -0.354 e. The highest BCUT2D eigenvalue weighted by molar-refractivity contribution is 7.22. The van der Waals surface area contributed by atoms with Gasteiger partial charge >= 0.3 is 0 Å². The average Bonchev–Trinajstić information content (AvgIpc) is 3.05. The van der Waals surface area contributed by atoms with Crippen LogP contribution in [0, 0.1) is 0 Å². The third kappa shape index (κ3) is 4.52. The van der Waals surface area contributed by atoms with E-state index >= 15 is 0 Å². The number of anilines is 1. The van der Waals surface area contributed by atoms with Crippen molar-refractivity contribution in [3.63, 3.8) is 0 Å². The predicted molar refractivity (Wildman–Crippen MR) is 103 cm³/mol. The lowest BCUT2D eigenvalue weighted by Gasteiger charge is -2.05. The van der Waals surface area contributed by atoms with Gasteiger partial charge in [0.2, 0.25) is 5.95 Å². The maximum absolute atomic E-state index is 5.50. The Morgan fingerprint density at radius 2 is 1.83 bits per heavy atom. The molecule has 126 valence electrons. The van der Waals surface area contributed by atoms with Gasteiger partial charge in [-0.05, 0) is 43.0 Å². The van der Waals surface area contributed by atoms with E-state index in [9.17, 15) is 0 Å². The summed E-state index contributed by atoms with van der Waals surface area (Å²) in [6.45, 7) is 1.72. The Morgan fingerprint density at radius 1 is 1.00 bits per heavy atom. The van der Waals surface area contributed by atoms with Crippen molar-refractivity contribution in [2.24, 2.45) is 5.73 Å². The van der Waals surface area contributed by atoms with Crippen LogP contribution in [-0.4, -0.2) is 23.1 Å². The van der Waals surface area contributed by atoms with Crippen molar-refractivity contribution in [2.75, 3.05) is 18.4 Å². The Labute approximate surface area is 147 Å². The molecular weight excluding hydrogens is 316 g/mol. The zero-order chi connectivity index (χ0) is 16.6. The lowest BCUT2D eigenvalue weighted by molar-refractivity contribution is 0.628. The normalized spacial score (nSPS) is 11.0. The van der Waals surface area contributed by atoms with Gasteiger partial charge in [-0.25, -0.2) is 9.97 Å². The Bertz CT molecular complexity index is 736. The summed E-state index contributed by atoms with van der Waals surface area (Å²) in [6.07, 6.45) is 7.81. The molecule has 0 aliphatic rings. The predicted octanol–water partition coefficient (Wildman–Crippen LogP) is 4.68. The topological polar surface area (TPSA) is 63.8 Å². The van der Waals surface area contributed by atoms with Crippen LogP contribution in [0.3, 0.4) is 0 Å². The van der Waals surface area contributed by atoms with Crippen LogP contribution in [-0.2, 0) is 0 Å². The fourth-order valence-electron chi connectivity index (χ4n) is 2.69. The second-order valence-corrected chi connectivity index (χ2v) is 6.98. The van der Waals surface area contributed by atoms with Crippen LogP contribution >= 0.6 is 11.3 Å². The quantitative estimate of drug-likeness (QED) is 0.555. The number of unbranched alkanes of at least 4 members (excludes halogenated alkanes) is 4. The van der Waals surface area contributed by atoms with Crippen LogP contribution in [0.2, 0.25) is 0 Å². The molecule has 0 aliphatic heterocycles. The van der Waals surface area contributed by atoms with Crippen molar-refractivity contribution in [3.05, 3.63) is 42.6 Å². The van der Waals surface area contributed by atoms with Crippen molar-refractivity contribution in [3.8, 4) is 10.6 Å². The number of hydrogen-bond donors (Lipinski definition) is 2. The van der Waals surface area contributed by atoms with Gasteiger partial charge in [-0.3, -0.25) is 0 Å². The highest BCUT2D eigenvalue weighted by Gasteiger charge is 2.06. The van der Waals surface area contributed by atoms with E-state index in [1.165, 1.54) is 34.2 Å². The van der Waals surface area contributed by atoms with Gasteiger partial charge in [0, 0.05) is 17.4 Å². The molecule has 0 saturated heterocycles. The van der Waals surface area contributed by atoms with Gasteiger partial charge in [0.15, 0.2) is 0 Å². The Balaban J connectivity index is 1.56. The molecule has 5 heteroatoms. The molecule has 3 N–H and O–H groups in total. The van der Waals surface area contributed by atoms with E-state index in [1.54, 1.807) is 11.3 Å². The molecule has 2 heterocycles. The number of nitrogens with zero attached hydrogens (tertiary/aromatic N) is 2. The molecule has 2 aromatic heterocycles. The molecular formula is C19H24N4S. The molecule has 3 aromatic rings. The van der Waals surface area contributed by atoms with Crippen molar-refractivity contribution in [1.29, 1.82) is 0 Å². The first-order valence-corrected chi connectivity index (χ1v) is 9.44. The minimum absolute atomic E-state index is 0.715. The number of benzene rings is 1. The molecule has 1 aromatic carbocycles. The van der Waals surface area contributed by atoms with E-state index < -0.39 is 0 Å². The number of fused-ring (bicyclic) bond motifs is 1. The summed E-state index contributed by atoms with van der Waals surface area (Å²) in [4.78, 5) is 10.2. The van der Waals surface area contributed by atoms with Crippen LogP contribution in [0.5, 0.6) is 0 Å². The number of nitrogens with two attached hydrogens (primary N) is 1. The van der Waals surface area contributed by atoms with Gasteiger partial charge in [0.05, 0.1) is 10.6 Å². The number of aromatic nitrogens is 2. The average molecular weight is 340 g/mol. The van der Waals surface area contributed by atoms with Crippen molar-refractivity contribution in [2.45, 2.75) is 32.1 Å². The van der Waals surface area contributed by atoms with E-state index in [1.807, 2.05) is 12.3 Å². The SMILES string of the molecule is NCCCCCCCNc1nccc(-c2cc3ccccc3s2)n1. The first kappa shape index (κ1) is 16.9. The first-order valence-electron chi connectivity index (χ1n) is 8.63. The fourth-order valence-corrected chi connectivity index (χ4v) is 3.72. The molecule has 0 saturated carbocycles. The van der Waals surface area contributed by atoms with Crippen molar-refractivity contribution in [1.82, 2.24) is 9.97 Å². The minimum atomic E-state index is 0.715. The molecule has 3 rings (SSSR count).